The largest absolute Gasteiger partial charge is 0.338 e. The summed E-state index contributed by atoms with van der Waals surface area (Å²) >= 11 is 0. The Morgan fingerprint density at radius 3 is 2.44 bits per heavy atom. The first-order valence-electron chi connectivity index (χ1n) is 6.47. The number of carbonyl (C=O) groups excluding carboxylic acids is 1. The van der Waals surface area contributed by atoms with Gasteiger partial charge in [0.1, 0.15) is 5.54 Å². The molecule has 1 saturated heterocycles. The summed E-state index contributed by atoms with van der Waals surface area (Å²) in [6.45, 7) is 9.56. The van der Waals surface area contributed by atoms with E-state index in [1.54, 1.807) is 10.9 Å². The van der Waals surface area contributed by atoms with Gasteiger partial charge in [0.25, 0.3) is 0 Å². The zero-order chi connectivity index (χ0) is 13.3. The maximum Gasteiger partial charge on any atom is 0.250 e. The first-order chi connectivity index (χ1) is 8.41. The number of carbonyl (C=O) groups is 1. The SMILES string of the molecule is CC1CN(C(=O)C(C)(C)n2cccn2)CC(C)N1. The Kier molecular flexibility index (Phi) is 3.43. The molecule has 100 valence electrons. The van der Waals surface area contributed by atoms with Gasteiger partial charge in [-0.25, -0.2) is 0 Å². The molecule has 0 saturated carbocycles. The topological polar surface area (TPSA) is 50.2 Å². The van der Waals surface area contributed by atoms with E-state index in [4.69, 9.17) is 0 Å². The monoisotopic (exact) mass is 250 g/mol. The highest BCUT2D eigenvalue weighted by Crippen LogP contribution is 2.19. The molecule has 0 bridgehead atoms. The third-order valence-electron chi connectivity index (χ3n) is 3.45. The summed E-state index contributed by atoms with van der Waals surface area (Å²) in [4.78, 5) is 14.6. The number of hydrogen-bond donors (Lipinski definition) is 1. The van der Waals surface area contributed by atoms with Gasteiger partial charge in [0, 0.05) is 37.6 Å². The Morgan fingerprint density at radius 1 is 1.33 bits per heavy atom. The molecule has 5 nitrogen and oxygen atoms in total. The molecule has 0 aromatic carbocycles. The van der Waals surface area contributed by atoms with Crippen LogP contribution in [0.1, 0.15) is 27.7 Å². The van der Waals surface area contributed by atoms with Crippen molar-refractivity contribution in [3.8, 4) is 0 Å². The van der Waals surface area contributed by atoms with Crippen molar-refractivity contribution in [3.05, 3.63) is 18.5 Å². The van der Waals surface area contributed by atoms with Crippen LogP contribution in [-0.4, -0.2) is 45.8 Å². The van der Waals surface area contributed by atoms with Crippen molar-refractivity contribution in [2.75, 3.05) is 13.1 Å². The lowest BCUT2D eigenvalue weighted by molar-refractivity contribution is -0.141. The standard InChI is InChI=1S/C13H22N4O/c1-10-8-16(9-11(2)15-10)12(18)13(3,4)17-7-5-6-14-17/h5-7,10-11,15H,8-9H2,1-4H3. The fourth-order valence-corrected chi connectivity index (χ4v) is 2.58. The molecule has 0 aliphatic carbocycles. The predicted octanol–water partition coefficient (Wildman–Crippen LogP) is 0.827. The Hall–Kier alpha value is -1.36. The van der Waals surface area contributed by atoms with E-state index >= 15 is 0 Å². The van der Waals surface area contributed by atoms with Crippen molar-refractivity contribution < 1.29 is 4.79 Å². The molecule has 18 heavy (non-hydrogen) atoms. The normalized spacial score (nSPS) is 25.2. The summed E-state index contributed by atoms with van der Waals surface area (Å²) in [6.07, 6.45) is 3.55. The molecule has 1 amide bonds. The van der Waals surface area contributed by atoms with Gasteiger partial charge in [0.2, 0.25) is 5.91 Å². The van der Waals surface area contributed by atoms with Crippen molar-refractivity contribution >= 4 is 5.91 Å². The van der Waals surface area contributed by atoms with Gasteiger partial charge in [-0.15, -0.1) is 0 Å². The summed E-state index contributed by atoms with van der Waals surface area (Å²) in [7, 11) is 0. The lowest BCUT2D eigenvalue weighted by atomic mass is 10.0. The van der Waals surface area contributed by atoms with Gasteiger partial charge in [-0.1, -0.05) is 0 Å². The molecule has 1 fully saturated rings. The first-order valence-corrected chi connectivity index (χ1v) is 6.47. The molecular weight excluding hydrogens is 228 g/mol. The minimum atomic E-state index is -0.625. The molecule has 1 aliphatic rings. The molecular formula is C13H22N4O. The second kappa shape index (κ2) is 4.72. The zero-order valence-corrected chi connectivity index (χ0v) is 11.6. The molecule has 0 radical (unpaired) electrons. The van der Waals surface area contributed by atoms with Gasteiger partial charge in [0.15, 0.2) is 0 Å². The quantitative estimate of drug-likeness (QED) is 0.845. The lowest BCUT2D eigenvalue weighted by Crippen LogP contribution is -2.59. The molecule has 5 heteroatoms. The van der Waals surface area contributed by atoms with E-state index in [9.17, 15) is 4.79 Å². The van der Waals surface area contributed by atoms with Crippen LogP contribution >= 0.6 is 0 Å². The van der Waals surface area contributed by atoms with Gasteiger partial charge in [-0.05, 0) is 33.8 Å². The van der Waals surface area contributed by atoms with E-state index in [2.05, 4.69) is 24.3 Å². The van der Waals surface area contributed by atoms with Crippen LogP contribution in [-0.2, 0) is 10.3 Å². The molecule has 1 aromatic rings. The summed E-state index contributed by atoms with van der Waals surface area (Å²) in [5.41, 5.74) is -0.625. The van der Waals surface area contributed by atoms with Gasteiger partial charge >= 0.3 is 0 Å². The number of nitrogens with one attached hydrogen (secondary N) is 1. The van der Waals surface area contributed by atoms with Crippen molar-refractivity contribution in [2.45, 2.75) is 45.3 Å². The van der Waals surface area contributed by atoms with E-state index in [0.717, 1.165) is 13.1 Å². The summed E-state index contributed by atoms with van der Waals surface area (Å²) < 4.78 is 1.73. The maximum absolute atomic E-state index is 12.6. The number of aromatic nitrogens is 2. The molecule has 0 spiro atoms. The van der Waals surface area contributed by atoms with Crippen LogP contribution in [0.3, 0.4) is 0 Å². The van der Waals surface area contributed by atoms with Gasteiger partial charge < -0.3 is 10.2 Å². The zero-order valence-electron chi connectivity index (χ0n) is 11.6. The molecule has 1 aromatic heterocycles. The highest BCUT2D eigenvalue weighted by molar-refractivity contribution is 5.83. The minimum absolute atomic E-state index is 0.131. The summed E-state index contributed by atoms with van der Waals surface area (Å²) in [6, 6.07) is 2.52. The molecule has 2 heterocycles. The van der Waals surface area contributed by atoms with Crippen molar-refractivity contribution in [1.82, 2.24) is 20.0 Å². The second-order valence-electron chi connectivity index (χ2n) is 5.69. The van der Waals surface area contributed by atoms with Gasteiger partial charge in [-0.3, -0.25) is 9.48 Å². The predicted molar refractivity (Wildman–Crippen MR) is 70.2 cm³/mol. The number of rotatable bonds is 2. The summed E-state index contributed by atoms with van der Waals surface area (Å²) in [5, 5.41) is 7.63. The number of hydrogen-bond acceptors (Lipinski definition) is 3. The van der Waals surface area contributed by atoms with Crippen LogP contribution in [0.15, 0.2) is 18.5 Å². The fourth-order valence-electron chi connectivity index (χ4n) is 2.58. The Morgan fingerprint density at radius 2 is 1.94 bits per heavy atom. The number of amides is 1. The van der Waals surface area contributed by atoms with Crippen LogP contribution in [0.4, 0.5) is 0 Å². The van der Waals surface area contributed by atoms with Gasteiger partial charge in [0.05, 0.1) is 0 Å². The Labute approximate surface area is 108 Å². The maximum atomic E-state index is 12.6. The molecule has 2 atom stereocenters. The van der Waals surface area contributed by atoms with Crippen LogP contribution in [0, 0.1) is 0 Å². The van der Waals surface area contributed by atoms with Crippen LogP contribution < -0.4 is 5.32 Å². The first kappa shape index (κ1) is 13.1. The van der Waals surface area contributed by atoms with Crippen molar-refractivity contribution in [3.63, 3.8) is 0 Å². The third-order valence-corrected chi connectivity index (χ3v) is 3.45. The van der Waals surface area contributed by atoms with Crippen molar-refractivity contribution in [1.29, 1.82) is 0 Å². The smallest absolute Gasteiger partial charge is 0.250 e. The highest BCUT2D eigenvalue weighted by atomic mass is 16.2. The second-order valence-corrected chi connectivity index (χ2v) is 5.69. The summed E-state index contributed by atoms with van der Waals surface area (Å²) in [5.74, 6) is 0.131. The molecule has 2 rings (SSSR count). The van der Waals surface area contributed by atoms with E-state index < -0.39 is 5.54 Å². The van der Waals surface area contributed by atoms with E-state index in [-0.39, 0.29) is 5.91 Å². The van der Waals surface area contributed by atoms with E-state index in [1.165, 1.54) is 0 Å². The van der Waals surface area contributed by atoms with Crippen LogP contribution in [0.2, 0.25) is 0 Å². The minimum Gasteiger partial charge on any atom is -0.338 e. The van der Waals surface area contributed by atoms with Crippen LogP contribution in [0.25, 0.3) is 0 Å². The third kappa shape index (κ3) is 2.41. The lowest BCUT2D eigenvalue weighted by Gasteiger charge is -2.40. The Balaban J connectivity index is 2.15. The molecule has 1 N–H and O–H groups in total. The van der Waals surface area contributed by atoms with Crippen molar-refractivity contribution in [2.24, 2.45) is 0 Å². The average Bonchev–Trinajstić information content (AvgIpc) is 2.80. The Bertz CT molecular complexity index is 403. The van der Waals surface area contributed by atoms with Gasteiger partial charge in [-0.2, -0.15) is 5.10 Å². The fraction of sp³-hybridized carbons (Fsp3) is 0.692. The van der Waals surface area contributed by atoms with E-state index in [0.29, 0.717) is 12.1 Å². The van der Waals surface area contributed by atoms with E-state index in [1.807, 2.05) is 31.0 Å². The average molecular weight is 250 g/mol. The molecule has 1 aliphatic heterocycles. The van der Waals surface area contributed by atoms with Crippen LogP contribution in [0.5, 0.6) is 0 Å². The highest BCUT2D eigenvalue weighted by Gasteiger charge is 2.36. The molecule has 2 unspecified atom stereocenters. The number of piperazine rings is 1. The number of nitrogens with zero attached hydrogens (tertiary/aromatic N) is 3.